The van der Waals surface area contributed by atoms with Gasteiger partial charge in [-0.2, -0.15) is 4.52 Å². The molecular formula is C7H7N5O. The topological polar surface area (TPSA) is 86.2 Å². The number of fused-ring (bicyclic) bond motifs is 1. The first-order chi connectivity index (χ1) is 6.33. The highest BCUT2D eigenvalue weighted by Gasteiger charge is 2.10. The number of hydrogen-bond donors (Lipinski definition) is 1. The Morgan fingerprint density at radius 1 is 1.62 bits per heavy atom. The molecule has 2 heterocycles. The van der Waals surface area contributed by atoms with Crippen molar-refractivity contribution in [1.29, 1.82) is 0 Å². The third-order valence-corrected chi connectivity index (χ3v) is 1.71. The van der Waals surface area contributed by atoms with E-state index in [0.717, 1.165) is 0 Å². The van der Waals surface area contributed by atoms with Gasteiger partial charge in [-0.25, -0.2) is 0 Å². The normalized spacial score (nSPS) is 10.5. The molecule has 0 saturated heterocycles. The number of hydrogen-bond acceptors (Lipinski definition) is 5. The molecule has 0 atom stereocenters. The quantitative estimate of drug-likeness (QED) is 0.611. The van der Waals surface area contributed by atoms with Gasteiger partial charge in [0, 0.05) is 6.20 Å². The van der Waals surface area contributed by atoms with Crippen molar-refractivity contribution in [3.8, 4) is 0 Å². The Morgan fingerprint density at radius 3 is 3.23 bits per heavy atom. The fourth-order valence-corrected chi connectivity index (χ4v) is 1.09. The van der Waals surface area contributed by atoms with Crippen molar-refractivity contribution in [2.24, 2.45) is 5.73 Å². The average Bonchev–Trinajstić information content (AvgIpc) is 2.63. The van der Waals surface area contributed by atoms with Crippen LogP contribution in [0.1, 0.15) is 10.4 Å². The fourth-order valence-electron chi connectivity index (χ4n) is 1.09. The summed E-state index contributed by atoms with van der Waals surface area (Å²) in [5, 5.41) is 10.8. The first kappa shape index (κ1) is 7.81. The summed E-state index contributed by atoms with van der Waals surface area (Å²) < 4.78 is 1.43. The second-order valence-corrected chi connectivity index (χ2v) is 2.50. The molecule has 0 bridgehead atoms. The summed E-state index contributed by atoms with van der Waals surface area (Å²) in [7, 11) is 0. The predicted octanol–water partition coefficient (Wildman–Crippen LogP) is -0.734. The van der Waals surface area contributed by atoms with Crippen LogP contribution in [0.2, 0.25) is 0 Å². The van der Waals surface area contributed by atoms with Gasteiger partial charge in [-0.1, -0.05) is 0 Å². The minimum Gasteiger partial charge on any atom is -0.324 e. The highest BCUT2D eigenvalue weighted by atomic mass is 16.1. The summed E-state index contributed by atoms with van der Waals surface area (Å²) in [6.07, 6.45) is 1.67. The van der Waals surface area contributed by atoms with Crippen molar-refractivity contribution >= 4 is 11.4 Å². The van der Waals surface area contributed by atoms with Crippen LogP contribution in [-0.4, -0.2) is 32.4 Å². The average molecular weight is 177 g/mol. The Kier molecular flexibility index (Phi) is 1.75. The van der Waals surface area contributed by atoms with Crippen LogP contribution < -0.4 is 5.73 Å². The second-order valence-electron chi connectivity index (χ2n) is 2.50. The lowest BCUT2D eigenvalue weighted by molar-refractivity contribution is 0.100. The fraction of sp³-hybridized carbons (Fsp3) is 0.143. The van der Waals surface area contributed by atoms with Gasteiger partial charge < -0.3 is 5.73 Å². The monoisotopic (exact) mass is 177 g/mol. The molecule has 0 unspecified atom stereocenters. The van der Waals surface area contributed by atoms with Crippen molar-refractivity contribution in [3.05, 3.63) is 23.9 Å². The summed E-state index contributed by atoms with van der Waals surface area (Å²) in [5.41, 5.74) is 6.13. The van der Waals surface area contributed by atoms with Gasteiger partial charge in [0.25, 0.3) is 0 Å². The first-order valence-corrected chi connectivity index (χ1v) is 3.73. The van der Waals surface area contributed by atoms with E-state index >= 15 is 0 Å². The van der Waals surface area contributed by atoms with Crippen LogP contribution in [0.15, 0.2) is 18.3 Å². The van der Waals surface area contributed by atoms with Crippen LogP contribution in [0, 0.1) is 0 Å². The van der Waals surface area contributed by atoms with Crippen LogP contribution in [-0.2, 0) is 0 Å². The SMILES string of the molecule is NCC(=O)c1cccn2nnnc12. The standard InChI is InChI=1S/C7H7N5O/c8-4-6(13)5-2-1-3-12-7(5)9-10-11-12/h1-3H,4,8H2. The van der Waals surface area contributed by atoms with E-state index in [1.165, 1.54) is 4.52 Å². The molecule has 13 heavy (non-hydrogen) atoms. The third-order valence-electron chi connectivity index (χ3n) is 1.71. The Morgan fingerprint density at radius 2 is 2.46 bits per heavy atom. The van der Waals surface area contributed by atoms with Gasteiger partial charge in [-0.05, 0) is 22.6 Å². The van der Waals surface area contributed by atoms with Gasteiger partial charge in [0.1, 0.15) is 0 Å². The van der Waals surface area contributed by atoms with E-state index in [4.69, 9.17) is 5.73 Å². The Labute approximate surface area is 73.3 Å². The summed E-state index contributed by atoms with van der Waals surface area (Å²) in [4.78, 5) is 11.3. The van der Waals surface area contributed by atoms with Crippen LogP contribution in [0.25, 0.3) is 5.65 Å². The lowest BCUT2D eigenvalue weighted by Crippen LogP contribution is -2.14. The largest absolute Gasteiger partial charge is 0.324 e. The van der Waals surface area contributed by atoms with E-state index in [0.29, 0.717) is 11.2 Å². The molecule has 66 valence electrons. The zero-order valence-corrected chi connectivity index (χ0v) is 6.71. The highest BCUT2D eigenvalue weighted by Crippen LogP contribution is 2.05. The molecule has 2 N–H and O–H groups in total. The first-order valence-electron chi connectivity index (χ1n) is 3.73. The van der Waals surface area contributed by atoms with E-state index in [1.807, 2.05) is 0 Å². The number of carbonyl (C=O) groups is 1. The summed E-state index contributed by atoms with van der Waals surface area (Å²) in [6, 6.07) is 3.35. The molecule has 0 radical (unpaired) electrons. The number of carbonyl (C=O) groups excluding carboxylic acids is 1. The van der Waals surface area contributed by atoms with Gasteiger partial charge in [0.05, 0.1) is 12.1 Å². The molecule has 6 heteroatoms. The van der Waals surface area contributed by atoms with E-state index in [2.05, 4.69) is 15.5 Å². The number of rotatable bonds is 2. The van der Waals surface area contributed by atoms with Gasteiger partial charge in [-0.15, -0.1) is 5.10 Å². The molecule has 0 spiro atoms. The number of ketones is 1. The number of Topliss-reactive ketones (excluding diaryl/α,β-unsaturated/α-hetero) is 1. The van der Waals surface area contributed by atoms with Gasteiger partial charge >= 0.3 is 0 Å². The number of aromatic nitrogens is 4. The Balaban J connectivity index is 2.67. The number of pyridine rings is 1. The minimum absolute atomic E-state index is 0.0352. The molecule has 0 aliphatic rings. The molecule has 0 fully saturated rings. The lowest BCUT2D eigenvalue weighted by Gasteiger charge is -1.97. The molecule has 0 saturated carbocycles. The van der Waals surface area contributed by atoms with Crippen molar-refractivity contribution < 1.29 is 4.79 Å². The van der Waals surface area contributed by atoms with E-state index < -0.39 is 0 Å². The third kappa shape index (κ3) is 1.17. The molecule has 0 aliphatic heterocycles. The van der Waals surface area contributed by atoms with Crippen molar-refractivity contribution in [1.82, 2.24) is 20.0 Å². The van der Waals surface area contributed by atoms with E-state index in [-0.39, 0.29) is 12.3 Å². The van der Waals surface area contributed by atoms with Crippen LogP contribution >= 0.6 is 0 Å². The maximum absolute atomic E-state index is 11.3. The number of nitrogens with zero attached hydrogens (tertiary/aromatic N) is 4. The molecule has 0 amide bonds. The lowest BCUT2D eigenvalue weighted by atomic mass is 10.2. The van der Waals surface area contributed by atoms with Crippen molar-refractivity contribution in [2.45, 2.75) is 0 Å². The maximum atomic E-state index is 11.3. The summed E-state index contributed by atoms with van der Waals surface area (Å²) in [6.45, 7) is -0.0352. The van der Waals surface area contributed by atoms with Gasteiger partial charge in [0.2, 0.25) is 0 Å². The molecular weight excluding hydrogens is 170 g/mol. The van der Waals surface area contributed by atoms with Gasteiger partial charge in [0.15, 0.2) is 11.4 Å². The molecule has 0 aliphatic carbocycles. The highest BCUT2D eigenvalue weighted by molar-refractivity contribution is 6.02. The Bertz CT molecular complexity index is 449. The Hall–Kier alpha value is -1.82. The van der Waals surface area contributed by atoms with Gasteiger partial charge in [-0.3, -0.25) is 4.79 Å². The van der Waals surface area contributed by atoms with Crippen LogP contribution in [0.5, 0.6) is 0 Å². The van der Waals surface area contributed by atoms with E-state index in [1.54, 1.807) is 18.3 Å². The molecule has 6 nitrogen and oxygen atoms in total. The molecule has 2 rings (SSSR count). The summed E-state index contributed by atoms with van der Waals surface area (Å²) >= 11 is 0. The van der Waals surface area contributed by atoms with Crippen molar-refractivity contribution in [3.63, 3.8) is 0 Å². The second kappa shape index (κ2) is 2.91. The number of nitrogens with two attached hydrogens (primary N) is 1. The van der Waals surface area contributed by atoms with Crippen LogP contribution in [0.3, 0.4) is 0 Å². The molecule has 2 aromatic rings. The predicted molar refractivity (Wildman–Crippen MR) is 44.2 cm³/mol. The maximum Gasteiger partial charge on any atom is 0.190 e. The van der Waals surface area contributed by atoms with E-state index in [9.17, 15) is 4.79 Å². The zero-order chi connectivity index (χ0) is 9.26. The summed E-state index contributed by atoms with van der Waals surface area (Å²) in [5.74, 6) is -0.166. The van der Waals surface area contributed by atoms with Crippen LogP contribution in [0.4, 0.5) is 0 Å². The zero-order valence-electron chi connectivity index (χ0n) is 6.71. The van der Waals surface area contributed by atoms with Crippen molar-refractivity contribution in [2.75, 3.05) is 6.54 Å². The minimum atomic E-state index is -0.166. The molecule has 0 aromatic carbocycles. The number of tetrazole rings is 1. The smallest absolute Gasteiger partial charge is 0.190 e. The molecule has 2 aromatic heterocycles.